The highest BCUT2D eigenvalue weighted by atomic mass is 19.4. The molecule has 0 atom stereocenters. The van der Waals surface area contributed by atoms with Gasteiger partial charge in [0.25, 0.3) is 0 Å². The predicted octanol–water partition coefficient (Wildman–Crippen LogP) is 34.4. The number of para-hydroxylation sites is 1. The summed E-state index contributed by atoms with van der Waals surface area (Å²) in [6.07, 6.45) is -32.1. The van der Waals surface area contributed by atoms with Crippen LogP contribution in [0.15, 0.2) is 376 Å². The number of fused-ring (bicyclic) bond motifs is 6. The van der Waals surface area contributed by atoms with Gasteiger partial charge < -0.3 is 9.13 Å². The largest absolute Gasteiger partial charge is 0.417 e. The van der Waals surface area contributed by atoms with E-state index in [-0.39, 0.29) is 169 Å². The minimum absolute atomic E-state index is 0.00469. The van der Waals surface area contributed by atoms with Crippen molar-refractivity contribution in [2.75, 3.05) is 0 Å². The van der Waals surface area contributed by atoms with Gasteiger partial charge in [-0.3, -0.25) is 0 Å². The summed E-state index contributed by atoms with van der Waals surface area (Å²) in [6.45, 7) is 0. The maximum absolute atomic E-state index is 15.7. The lowest BCUT2D eigenvalue weighted by Gasteiger charge is -2.24. The highest BCUT2D eigenvalue weighted by Crippen LogP contribution is 2.55. The molecule has 0 spiro atoms. The van der Waals surface area contributed by atoms with Gasteiger partial charge in [-0.1, -0.05) is 249 Å². The van der Waals surface area contributed by atoms with Gasteiger partial charge in [0.1, 0.15) is 12.1 Å². The van der Waals surface area contributed by atoms with Crippen molar-refractivity contribution in [3.63, 3.8) is 0 Å². The van der Waals surface area contributed by atoms with E-state index in [2.05, 4.69) is 24.3 Å². The van der Waals surface area contributed by atoms with Gasteiger partial charge in [-0.15, -0.1) is 0 Å². The van der Waals surface area contributed by atoms with Crippen LogP contribution in [0.2, 0.25) is 0 Å². The zero-order valence-electron chi connectivity index (χ0n) is 76.1. The third kappa shape index (κ3) is 17.5. The first-order chi connectivity index (χ1) is 71.0. The van der Waals surface area contributed by atoms with Gasteiger partial charge >= 0.3 is 37.1 Å². The van der Waals surface area contributed by atoms with Crippen LogP contribution in [0.3, 0.4) is 0 Å². The molecule has 0 N–H and O–H groups in total. The number of hydrogen-bond donors (Lipinski definition) is 0. The molecule has 4 aromatic heterocycles. The lowest BCUT2D eigenvalue weighted by atomic mass is 9.84. The Morgan fingerprint density at radius 1 is 0.189 bits per heavy atom. The van der Waals surface area contributed by atoms with Crippen LogP contribution < -0.4 is 0 Å². The number of hydrogen-bond acceptors (Lipinski definition) is 8. The van der Waals surface area contributed by atoms with Crippen molar-refractivity contribution in [2.24, 2.45) is 0 Å². The van der Waals surface area contributed by atoms with E-state index in [9.17, 15) is 60.6 Å². The smallest absolute Gasteiger partial charge is 0.308 e. The van der Waals surface area contributed by atoms with E-state index >= 15 is 39.5 Å². The van der Waals surface area contributed by atoms with Crippen LogP contribution in [-0.2, 0) is 37.1 Å². The third-order valence-corrected chi connectivity index (χ3v) is 26.1. The lowest BCUT2D eigenvalue weighted by Crippen LogP contribution is -2.12. The van der Waals surface area contributed by atoms with Gasteiger partial charge in [0.15, 0.2) is 11.6 Å². The molecule has 148 heavy (non-hydrogen) atoms. The standard InChI is InChI=1S/C120H62F18N10/c121-115(122,123)78-42-45-83(100(58-78)118(130,131)132)71-39-48-108-91(51-71)90-33-17-18-38-107(90)147(108)111-94(81-31-15-13-29-74(81)63-139)54-76(113-143-103(67-21-5-1-6-22-67)61-104(144-113)68-23-7-2-8-24-68)56-96(111)88-36-19-34-86(98(88)65-141)87-35-20-37-89(99(87)66-142)97-57-77(114-145-105(69-25-9-3-10-26-69)62-106(146-114)70-27-11-4-12-28-70)55-95(82-32-16-14-30-75(82)64-140)112(97)148-109-49-40-72(84-46-43-79(116(124,125)126)59-101(84)119(133,134)135)52-92(109)93-53-73(41-50-110(93)148)85-47-44-80(117(127,128)129)60-102(85)120(136,137)138/h1-62H. The fourth-order valence-electron chi connectivity index (χ4n) is 19.5. The number of halogens is 18. The molecule has 0 amide bonds. The van der Waals surface area contributed by atoms with E-state index in [1.54, 1.807) is 179 Å². The summed E-state index contributed by atoms with van der Waals surface area (Å²) in [7, 11) is 0. The average Bonchev–Trinajstić information content (AvgIpc) is 1.54. The summed E-state index contributed by atoms with van der Waals surface area (Å²) in [6, 6.07) is 100. The van der Waals surface area contributed by atoms with Crippen molar-refractivity contribution in [3.8, 4) is 192 Å². The van der Waals surface area contributed by atoms with E-state index in [0.29, 0.717) is 86.3 Å². The molecule has 0 radical (unpaired) electrons. The lowest BCUT2D eigenvalue weighted by molar-refractivity contribution is -0.144. The van der Waals surface area contributed by atoms with Crippen molar-refractivity contribution in [2.45, 2.75) is 37.1 Å². The number of alkyl halides is 18. The molecule has 10 nitrogen and oxygen atoms in total. The normalized spacial score (nSPS) is 12.1. The molecule has 17 aromatic carbocycles. The Labute approximate surface area is 829 Å². The molecule has 0 unspecified atom stereocenters. The molecule has 0 aliphatic heterocycles. The van der Waals surface area contributed by atoms with Crippen LogP contribution in [0.4, 0.5) is 79.0 Å². The van der Waals surface area contributed by atoms with Crippen molar-refractivity contribution in [1.29, 1.82) is 21.0 Å². The van der Waals surface area contributed by atoms with Gasteiger partial charge in [-0.25, -0.2) is 19.9 Å². The first-order valence-electron chi connectivity index (χ1n) is 45.4. The number of benzene rings is 17. The minimum Gasteiger partial charge on any atom is -0.308 e. The van der Waals surface area contributed by atoms with Gasteiger partial charge in [0, 0.05) is 111 Å². The Bertz CT molecular complexity index is 8920. The van der Waals surface area contributed by atoms with Gasteiger partial charge in [-0.2, -0.15) is 100 Å². The maximum atomic E-state index is 15.7. The molecule has 21 rings (SSSR count). The summed E-state index contributed by atoms with van der Waals surface area (Å²) in [4.78, 5) is 21.1. The fourth-order valence-corrected chi connectivity index (χ4v) is 19.5. The molecule has 0 fully saturated rings. The Morgan fingerprint density at radius 3 is 0.750 bits per heavy atom. The van der Waals surface area contributed by atoms with Crippen LogP contribution in [0.1, 0.15) is 55.6 Å². The second kappa shape index (κ2) is 36.9. The first-order valence-corrected chi connectivity index (χ1v) is 45.4. The summed E-state index contributed by atoms with van der Waals surface area (Å²) in [5.74, 6) is 0.101. The molecule has 4 heterocycles. The monoisotopic (exact) mass is 1980 g/mol. The Morgan fingerprint density at radius 2 is 0.453 bits per heavy atom. The SMILES string of the molecule is N#Cc1ccccc1-c1cc(-c2nc(-c3ccccc3)cc(-c3ccccc3)n2)cc(-c2cccc(-c3cccc(-c4cc(-c5nc(-c6ccccc6)cc(-c6ccccc6)n5)cc(-c5ccccc5C#N)c4-n4c5ccc(-c6ccc(C(F)(F)F)cc6C(F)(F)F)cc5c5cc(-c6ccc(C(F)(F)F)cc6C(F)(F)F)ccc54)c3C#N)c2C#N)c1-n1c2ccccc2c2cc(-c3ccc(C(F)(F)F)cc3C(F)(F)F)ccc21. The van der Waals surface area contributed by atoms with Crippen molar-refractivity contribution >= 4 is 43.6 Å². The molecule has 0 saturated heterocycles. The molecule has 0 bridgehead atoms. The van der Waals surface area contributed by atoms with E-state index in [1.807, 2.05) is 91.0 Å². The van der Waals surface area contributed by atoms with Crippen molar-refractivity contribution in [1.82, 2.24) is 29.1 Å². The summed E-state index contributed by atoms with van der Waals surface area (Å²) >= 11 is 0. The molecule has 0 aliphatic carbocycles. The number of nitrogens with zero attached hydrogens (tertiary/aromatic N) is 10. The highest BCUT2D eigenvalue weighted by molar-refractivity contribution is 6.15. The molecule has 0 saturated carbocycles. The summed E-state index contributed by atoms with van der Waals surface area (Å²) in [5, 5.41) is 48.9. The summed E-state index contributed by atoms with van der Waals surface area (Å²) in [5.41, 5.74) is -7.06. The zero-order chi connectivity index (χ0) is 103. The van der Waals surface area contributed by atoms with Crippen LogP contribution in [-0.4, -0.2) is 29.1 Å². The van der Waals surface area contributed by atoms with Crippen LogP contribution in [0, 0.1) is 45.3 Å². The minimum atomic E-state index is -5.49. The van der Waals surface area contributed by atoms with E-state index in [4.69, 9.17) is 19.9 Å². The molecular formula is C120H62F18N10. The fraction of sp³-hybridized carbons (Fsp3) is 0.0500. The molecule has 21 aromatic rings. The van der Waals surface area contributed by atoms with Crippen molar-refractivity contribution in [3.05, 3.63) is 432 Å². The predicted molar refractivity (Wildman–Crippen MR) is 531 cm³/mol. The Hall–Kier alpha value is -18.8. The molecular weight excluding hydrogens is 1920 g/mol. The van der Waals surface area contributed by atoms with Crippen LogP contribution in [0.25, 0.3) is 212 Å². The van der Waals surface area contributed by atoms with Crippen LogP contribution in [0.5, 0.6) is 0 Å². The summed E-state index contributed by atoms with van der Waals surface area (Å²) < 4.78 is 274. The van der Waals surface area contributed by atoms with Gasteiger partial charge in [-0.05, 0) is 161 Å². The zero-order valence-corrected chi connectivity index (χ0v) is 76.1. The maximum Gasteiger partial charge on any atom is 0.417 e. The van der Waals surface area contributed by atoms with E-state index in [0.717, 1.165) is 6.07 Å². The number of rotatable bonds is 16. The number of nitriles is 4. The van der Waals surface area contributed by atoms with Crippen molar-refractivity contribution < 1.29 is 79.0 Å². The second-order valence-corrected chi connectivity index (χ2v) is 34.9. The first kappa shape index (κ1) is 95.4. The van der Waals surface area contributed by atoms with E-state index in [1.165, 1.54) is 60.7 Å². The average molecular weight is 1990 g/mol. The second-order valence-electron chi connectivity index (χ2n) is 34.9. The van der Waals surface area contributed by atoms with Gasteiger partial charge in [0.05, 0.1) is 124 Å². The molecule has 28 heteroatoms. The third-order valence-electron chi connectivity index (χ3n) is 26.1. The molecule has 0 aliphatic rings. The quantitative estimate of drug-likeness (QED) is 0.0866. The Kier molecular flexibility index (Phi) is 23.8. The molecule has 718 valence electrons. The van der Waals surface area contributed by atoms with E-state index < -0.39 is 98.3 Å². The van der Waals surface area contributed by atoms with Gasteiger partial charge in [0.2, 0.25) is 0 Å². The van der Waals surface area contributed by atoms with Crippen LogP contribution >= 0.6 is 0 Å². The number of aromatic nitrogens is 6. The topological polar surface area (TPSA) is 157 Å². The Balaban J connectivity index is 0.885. The highest BCUT2D eigenvalue weighted by Gasteiger charge is 2.43.